The minimum atomic E-state index is -1.51. The predicted molar refractivity (Wildman–Crippen MR) is 117 cm³/mol. The molecule has 1 aliphatic carbocycles. The molecule has 1 unspecified atom stereocenters. The second-order valence-corrected chi connectivity index (χ2v) is 23.3. The van der Waals surface area contributed by atoms with Crippen LogP contribution in [-0.2, 0) is 0 Å². The van der Waals surface area contributed by atoms with Crippen LogP contribution in [0.2, 0.25) is 32.7 Å². The van der Waals surface area contributed by atoms with Crippen molar-refractivity contribution >= 4 is 24.1 Å². The molecule has 0 radical (unpaired) electrons. The molecule has 0 saturated heterocycles. The molecule has 0 bridgehead atoms. The fourth-order valence-corrected chi connectivity index (χ4v) is 29.5. The van der Waals surface area contributed by atoms with E-state index in [0.717, 1.165) is 4.91 Å². The van der Waals surface area contributed by atoms with E-state index in [9.17, 15) is 0 Å². The van der Waals surface area contributed by atoms with E-state index in [2.05, 4.69) is 94.6 Å². The molecule has 24 heavy (non-hydrogen) atoms. The summed E-state index contributed by atoms with van der Waals surface area (Å²) in [5.74, 6) is 0. The van der Waals surface area contributed by atoms with Gasteiger partial charge in [0.2, 0.25) is 0 Å². The second kappa shape index (κ2) is 6.23. The fraction of sp³-hybridized carbons (Fsp3) is 0.429. The second-order valence-electron chi connectivity index (χ2n) is 9.16. The van der Waals surface area contributed by atoms with Crippen molar-refractivity contribution in [1.29, 1.82) is 0 Å². The number of rotatable bonds is 4. The standard InChI is InChI=1S/C21H31PSi2/c1-22(2)21(23(3,4)5)24(6,7)20-18-14-10-8-12-16(18)17-13-9-11-15-19(17)20/h8-15,20-21H,1-7H3. The molecule has 1 atom stereocenters. The highest BCUT2D eigenvalue weighted by molar-refractivity contribution is 7.63. The number of hydrogen-bond acceptors (Lipinski definition) is 0. The number of fused-ring (bicyclic) bond motifs is 3. The maximum Gasteiger partial charge on any atom is 0.0650 e. The maximum absolute atomic E-state index is 2.68. The molecule has 0 fully saturated rings. The Morgan fingerprint density at radius 1 is 0.750 bits per heavy atom. The largest absolute Gasteiger partial charge is 0.115 e. The molecule has 0 amide bonds. The minimum Gasteiger partial charge on any atom is -0.115 e. The highest BCUT2D eigenvalue weighted by Crippen LogP contribution is 2.55. The van der Waals surface area contributed by atoms with E-state index in [1.54, 1.807) is 11.1 Å². The van der Waals surface area contributed by atoms with Crippen LogP contribution in [0.3, 0.4) is 0 Å². The third-order valence-corrected chi connectivity index (χ3v) is 24.1. The predicted octanol–water partition coefficient (Wildman–Crippen LogP) is 6.57. The molecule has 1 aliphatic rings. The van der Waals surface area contributed by atoms with E-state index in [4.69, 9.17) is 0 Å². The summed E-state index contributed by atoms with van der Waals surface area (Å²) in [6.45, 7) is 18.2. The molecule has 0 aromatic heterocycles. The molecule has 2 aromatic carbocycles. The van der Waals surface area contributed by atoms with E-state index in [1.165, 1.54) is 11.1 Å². The Bertz CT molecular complexity index is 698. The van der Waals surface area contributed by atoms with Gasteiger partial charge in [-0.1, -0.05) is 81.3 Å². The zero-order valence-corrected chi connectivity index (χ0v) is 19.1. The number of hydrogen-bond donors (Lipinski definition) is 0. The summed E-state index contributed by atoms with van der Waals surface area (Å²) in [5.41, 5.74) is 6.85. The molecule has 128 valence electrons. The van der Waals surface area contributed by atoms with Gasteiger partial charge >= 0.3 is 0 Å². The fourth-order valence-electron chi connectivity index (χ4n) is 5.67. The highest BCUT2D eigenvalue weighted by Gasteiger charge is 2.50. The van der Waals surface area contributed by atoms with Gasteiger partial charge in [-0.25, -0.2) is 0 Å². The SMILES string of the molecule is CP(C)C([Si](C)(C)C)[Si](C)(C)C1c2ccccc2-c2ccccc21. The Morgan fingerprint density at radius 3 is 1.54 bits per heavy atom. The molecule has 2 aromatic rings. The topological polar surface area (TPSA) is 0 Å². The molecule has 3 heteroatoms. The van der Waals surface area contributed by atoms with Gasteiger partial charge in [-0.2, -0.15) is 0 Å². The lowest BCUT2D eigenvalue weighted by Crippen LogP contribution is -2.57. The van der Waals surface area contributed by atoms with Crippen molar-refractivity contribution in [2.24, 2.45) is 0 Å². The first-order valence-electron chi connectivity index (χ1n) is 9.00. The van der Waals surface area contributed by atoms with E-state index >= 15 is 0 Å². The Hall–Kier alpha value is -0.696. The zero-order chi connectivity index (χ0) is 17.7. The van der Waals surface area contributed by atoms with Gasteiger partial charge in [-0.15, -0.1) is 7.92 Å². The lowest BCUT2D eigenvalue weighted by atomic mass is 10.1. The van der Waals surface area contributed by atoms with Crippen LogP contribution in [0.5, 0.6) is 0 Å². The molecular weight excluding hydrogens is 339 g/mol. The van der Waals surface area contributed by atoms with Gasteiger partial charge in [-0.3, -0.25) is 0 Å². The Labute approximate surface area is 151 Å². The number of benzene rings is 2. The van der Waals surface area contributed by atoms with E-state index < -0.39 is 16.1 Å². The maximum atomic E-state index is 2.68. The van der Waals surface area contributed by atoms with Crippen molar-refractivity contribution in [3.63, 3.8) is 0 Å². The smallest absolute Gasteiger partial charge is 0.0650 e. The Morgan fingerprint density at radius 2 is 1.17 bits per heavy atom. The monoisotopic (exact) mass is 370 g/mol. The van der Waals surface area contributed by atoms with Crippen LogP contribution >= 0.6 is 7.92 Å². The summed E-state index contributed by atoms with van der Waals surface area (Å²) >= 11 is 0. The third-order valence-electron chi connectivity index (χ3n) is 5.62. The Kier molecular flexibility index (Phi) is 4.70. The lowest BCUT2D eigenvalue weighted by Gasteiger charge is -2.47. The quantitative estimate of drug-likeness (QED) is 0.421. The van der Waals surface area contributed by atoms with E-state index in [0.29, 0.717) is 5.54 Å². The average molecular weight is 371 g/mol. The van der Waals surface area contributed by atoms with Gasteiger partial charge in [-0.05, 0) is 40.5 Å². The summed E-state index contributed by atoms with van der Waals surface area (Å²) in [7, 11) is -2.63. The van der Waals surface area contributed by atoms with E-state index in [1.807, 2.05) is 0 Å². The molecule has 0 saturated carbocycles. The van der Waals surface area contributed by atoms with Crippen molar-refractivity contribution in [3.05, 3.63) is 59.7 Å². The summed E-state index contributed by atoms with van der Waals surface area (Å²) in [6, 6.07) is 18.4. The first-order chi connectivity index (χ1) is 11.2. The normalized spacial score (nSPS) is 16.2. The first kappa shape index (κ1) is 18.1. The van der Waals surface area contributed by atoms with Crippen LogP contribution in [0.4, 0.5) is 0 Å². The van der Waals surface area contributed by atoms with Crippen molar-refractivity contribution < 1.29 is 0 Å². The summed E-state index contributed by atoms with van der Waals surface area (Å²) in [6.07, 6.45) is 0. The van der Waals surface area contributed by atoms with Gasteiger partial charge in [0.05, 0.1) is 8.07 Å². The van der Waals surface area contributed by atoms with Crippen molar-refractivity contribution in [1.82, 2.24) is 0 Å². The van der Waals surface area contributed by atoms with Gasteiger partial charge < -0.3 is 0 Å². The van der Waals surface area contributed by atoms with Crippen LogP contribution in [0, 0.1) is 0 Å². The highest BCUT2D eigenvalue weighted by atomic mass is 31.1. The minimum absolute atomic E-state index is 0.0888. The molecule has 0 spiro atoms. The van der Waals surface area contributed by atoms with Gasteiger partial charge in [0, 0.05) is 13.6 Å². The van der Waals surface area contributed by atoms with Crippen LogP contribution < -0.4 is 0 Å². The van der Waals surface area contributed by atoms with Gasteiger partial charge in [0.1, 0.15) is 0 Å². The van der Waals surface area contributed by atoms with Crippen LogP contribution in [-0.4, -0.2) is 34.4 Å². The van der Waals surface area contributed by atoms with E-state index in [-0.39, 0.29) is 7.92 Å². The van der Waals surface area contributed by atoms with Crippen LogP contribution in [0.25, 0.3) is 11.1 Å². The zero-order valence-electron chi connectivity index (χ0n) is 16.2. The summed E-state index contributed by atoms with van der Waals surface area (Å²) < 4.78 is 0. The summed E-state index contributed by atoms with van der Waals surface area (Å²) in [4.78, 5) is 0.976. The van der Waals surface area contributed by atoms with Crippen molar-refractivity contribution in [2.75, 3.05) is 13.3 Å². The van der Waals surface area contributed by atoms with Gasteiger partial charge in [0.15, 0.2) is 0 Å². The van der Waals surface area contributed by atoms with Crippen LogP contribution in [0.1, 0.15) is 16.7 Å². The molecule has 3 rings (SSSR count). The molecule has 0 heterocycles. The molecule has 0 N–H and O–H groups in total. The lowest BCUT2D eigenvalue weighted by molar-refractivity contribution is 1.10. The molecule has 0 aliphatic heterocycles. The summed E-state index contributed by atoms with van der Waals surface area (Å²) in [5, 5.41) is 0. The van der Waals surface area contributed by atoms with Crippen molar-refractivity contribution in [2.45, 2.75) is 43.2 Å². The van der Waals surface area contributed by atoms with Crippen molar-refractivity contribution in [3.8, 4) is 11.1 Å². The average Bonchev–Trinajstić information content (AvgIpc) is 2.79. The third kappa shape index (κ3) is 2.87. The molecule has 0 nitrogen and oxygen atoms in total. The molecular formula is C21H31PSi2. The Balaban J connectivity index is 2.21. The van der Waals surface area contributed by atoms with Gasteiger partial charge in [0.25, 0.3) is 0 Å². The first-order valence-corrected chi connectivity index (χ1v) is 18.0. The van der Waals surface area contributed by atoms with Crippen LogP contribution in [0.15, 0.2) is 48.5 Å².